The van der Waals surface area contributed by atoms with Gasteiger partial charge in [-0.15, -0.1) is 4.91 Å². The van der Waals surface area contributed by atoms with Gasteiger partial charge in [-0.1, -0.05) is 19.0 Å². The summed E-state index contributed by atoms with van der Waals surface area (Å²) in [5.41, 5.74) is -0.495. The highest BCUT2D eigenvalue weighted by molar-refractivity contribution is 4.99. The fraction of sp³-hybridized carbons (Fsp3) is 0.857. The Labute approximate surface area is 66.1 Å². The van der Waals surface area contributed by atoms with Gasteiger partial charge >= 0.3 is 0 Å². The molecule has 0 aliphatic rings. The van der Waals surface area contributed by atoms with Crippen molar-refractivity contribution in [1.82, 2.24) is 0 Å². The van der Waals surface area contributed by atoms with Gasteiger partial charge in [-0.3, -0.25) is 0 Å². The van der Waals surface area contributed by atoms with E-state index in [0.29, 0.717) is 6.61 Å². The fourth-order valence-corrected chi connectivity index (χ4v) is 0.792. The zero-order chi connectivity index (χ0) is 8.91. The molecule has 4 nitrogen and oxygen atoms in total. The molecule has 0 radical (unpaired) electrons. The second-order valence-corrected chi connectivity index (χ2v) is 3.06. The molecule has 0 rings (SSSR count). The smallest absolute Gasteiger partial charge is 0.185 e. The highest BCUT2D eigenvalue weighted by Gasteiger charge is 2.30. The summed E-state index contributed by atoms with van der Waals surface area (Å²) in [7, 11) is 1.53. The van der Waals surface area contributed by atoms with Gasteiger partial charge in [0.25, 0.3) is 0 Å². The summed E-state index contributed by atoms with van der Waals surface area (Å²) in [4.78, 5) is 10.1. The molecule has 62 valence electrons. The standard InChI is InChI=1S/C7H12N2O2/c1-7(2,5-11-3)6(4-8)9-10/h6H,5H2,1-3H3. The molecule has 0 spiro atoms. The van der Waals surface area contributed by atoms with Crippen molar-refractivity contribution in [2.24, 2.45) is 10.6 Å². The first-order chi connectivity index (χ1) is 5.08. The zero-order valence-electron chi connectivity index (χ0n) is 7.00. The molecule has 0 aromatic heterocycles. The third-order valence-corrected chi connectivity index (χ3v) is 1.48. The Morgan fingerprint density at radius 1 is 1.73 bits per heavy atom. The van der Waals surface area contributed by atoms with E-state index in [1.54, 1.807) is 13.8 Å². The first kappa shape index (κ1) is 10.0. The maximum Gasteiger partial charge on any atom is 0.185 e. The molecule has 0 N–H and O–H groups in total. The van der Waals surface area contributed by atoms with E-state index in [0.717, 1.165) is 0 Å². The molecule has 0 aliphatic carbocycles. The van der Waals surface area contributed by atoms with Crippen LogP contribution in [0.4, 0.5) is 0 Å². The lowest BCUT2D eigenvalue weighted by Gasteiger charge is -2.23. The van der Waals surface area contributed by atoms with Gasteiger partial charge in [-0.05, 0) is 0 Å². The van der Waals surface area contributed by atoms with Gasteiger partial charge in [0.2, 0.25) is 0 Å². The minimum atomic E-state index is -0.831. The summed E-state index contributed by atoms with van der Waals surface area (Å²) in [5, 5.41) is 11.2. The van der Waals surface area contributed by atoms with Crippen molar-refractivity contribution < 1.29 is 4.74 Å². The van der Waals surface area contributed by atoms with Crippen molar-refractivity contribution in [2.75, 3.05) is 13.7 Å². The van der Waals surface area contributed by atoms with Crippen LogP contribution in [-0.4, -0.2) is 19.8 Å². The van der Waals surface area contributed by atoms with Crippen molar-refractivity contribution in [3.63, 3.8) is 0 Å². The first-order valence-corrected chi connectivity index (χ1v) is 3.29. The Morgan fingerprint density at radius 2 is 2.27 bits per heavy atom. The van der Waals surface area contributed by atoms with Crippen LogP contribution in [0.5, 0.6) is 0 Å². The van der Waals surface area contributed by atoms with Crippen LogP contribution in [0, 0.1) is 21.7 Å². The SMILES string of the molecule is COCC(C)(C)C(C#N)N=O. The molecule has 1 atom stereocenters. The summed E-state index contributed by atoms with van der Waals surface area (Å²) >= 11 is 0. The van der Waals surface area contributed by atoms with Crippen LogP contribution >= 0.6 is 0 Å². The van der Waals surface area contributed by atoms with Crippen LogP contribution in [-0.2, 0) is 4.74 Å². The van der Waals surface area contributed by atoms with Gasteiger partial charge < -0.3 is 4.74 Å². The van der Waals surface area contributed by atoms with Crippen molar-refractivity contribution in [2.45, 2.75) is 19.9 Å². The molecule has 0 aromatic carbocycles. The second-order valence-electron chi connectivity index (χ2n) is 3.06. The molecular weight excluding hydrogens is 144 g/mol. The monoisotopic (exact) mass is 156 g/mol. The van der Waals surface area contributed by atoms with Gasteiger partial charge in [0.1, 0.15) is 0 Å². The van der Waals surface area contributed by atoms with E-state index in [4.69, 9.17) is 10.00 Å². The van der Waals surface area contributed by atoms with Gasteiger partial charge in [0, 0.05) is 12.5 Å². The van der Waals surface area contributed by atoms with E-state index >= 15 is 0 Å². The third kappa shape index (κ3) is 2.64. The van der Waals surface area contributed by atoms with E-state index in [-0.39, 0.29) is 0 Å². The van der Waals surface area contributed by atoms with E-state index in [1.807, 2.05) is 6.07 Å². The number of nitroso groups, excluding NO2 is 1. The number of nitrogens with zero attached hydrogens (tertiary/aromatic N) is 2. The van der Waals surface area contributed by atoms with Crippen LogP contribution in [0.25, 0.3) is 0 Å². The van der Waals surface area contributed by atoms with E-state index in [2.05, 4.69) is 5.18 Å². The first-order valence-electron chi connectivity index (χ1n) is 3.29. The summed E-state index contributed by atoms with van der Waals surface area (Å²) in [6.07, 6.45) is 0. The molecule has 1 unspecified atom stereocenters. The predicted molar refractivity (Wildman–Crippen MR) is 40.9 cm³/mol. The number of nitriles is 1. The molecule has 11 heavy (non-hydrogen) atoms. The molecule has 0 aromatic rings. The summed E-state index contributed by atoms with van der Waals surface area (Å²) in [6, 6.07) is 0.987. The Hall–Kier alpha value is -0.950. The molecule has 0 fully saturated rings. The highest BCUT2D eigenvalue weighted by atomic mass is 16.5. The molecular formula is C7H12N2O2. The number of methoxy groups -OCH3 is 1. The average molecular weight is 156 g/mol. The maximum absolute atomic E-state index is 10.1. The highest BCUT2D eigenvalue weighted by Crippen LogP contribution is 2.22. The second kappa shape index (κ2) is 4.04. The Morgan fingerprint density at radius 3 is 2.55 bits per heavy atom. The topological polar surface area (TPSA) is 62.4 Å². The number of hydrogen-bond donors (Lipinski definition) is 0. The van der Waals surface area contributed by atoms with Gasteiger partial charge in [0.15, 0.2) is 6.04 Å². The van der Waals surface area contributed by atoms with Gasteiger partial charge in [0.05, 0.1) is 12.7 Å². The van der Waals surface area contributed by atoms with Crippen LogP contribution in [0.2, 0.25) is 0 Å². The fourth-order valence-electron chi connectivity index (χ4n) is 0.792. The van der Waals surface area contributed by atoms with E-state index < -0.39 is 11.5 Å². The van der Waals surface area contributed by atoms with Gasteiger partial charge in [-0.25, -0.2) is 0 Å². The molecule has 0 saturated carbocycles. The van der Waals surface area contributed by atoms with Crippen molar-refractivity contribution in [1.29, 1.82) is 5.26 Å². The number of rotatable bonds is 4. The van der Waals surface area contributed by atoms with Crippen LogP contribution < -0.4 is 0 Å². The van der Waals surface area contributed by atoms with Crippen LogP contribution in [0.3, 0.4) is 0 Å². The normalized spacial score (nSPS) is 13.6. The minimum Gasteiger partial charge on any atom is -0.384 e. The zero-order valence-corrected chi connectivity index (χ0v) is 7.00. The number of hydrogen-bond acceptors (Lipinski definition) is 4. The maximum atomic E-state index is 10.1. The molecule has 4 heteroatoms. The molecule has 0 aliphatic heterocycles. The van der Waals surface area contributed by atoms with E-state index in [9.17, 15) is 4.91 Å². The summed E-state index contributed by atoms with van der Waals surface area (Å²) in [5.74, 6) is 0. The Balaban J connectivity index is 4.26. The van der Waals surface area contributed by atoms with Gasteiger partial charge in [-0.2, -0.15) is 5.26 Å². The summed E-state index contributed by atoms with van der Waals surface area (Å²) < 4.78 is 4.84. The Kier molecular flexibility index (Phi) is 3.69. The van der Waals surface area contributed by atoms with Crippen molar-refractivity contribution >= 4 is 0 Å². The quantitative estimate of drug-likeness (QED) is 0.576. The lowest BCUT2D eigenvalue weighted by molar-refractivity contribution is 0.0974. The van der Waals surface area contributed by atoms with Crippen molar-refractivity contribution in [3.05, 3.63) is 4.91 Å². The molecule has 0 saturated heterocycles. The van der Waals surface area contributed by atoms with Crippen LogP contribution in [0.15, 0.2) is 5.18 Å². The summed E-state index contributed by atoms with van der Waals surface area (Å²) in [6.45, 7) is 3.90. The molecule has 0 heterocycles. The third-order valence-electron chi connectivity index (χ3n) is 1.48. The number of ether oxygens (including phenoxy) is 1. The van der Waals surface area contributed by atoms with E-state index in [1.165, 1.54) is 7.11 Å². The Bertz CT molecular complexity index is 172. The molecule has 0 amide bonds. The average Bonchev–Trinajstić information content (AvgIpc) is 1.89. The minimum absolute atomic E-state index is 0.358. The predicted octanol–water partition coefficient (Wildman–Crippen LogP) is 1.32. The lowest BCUT2D eigenvalue weighted by Crippen LogP contribution is -2.30. The largest absolute Gasteiger partial charge is 0.384 e. The van der Waals surface area contributed by atoms with Crippen LogP contribution in [0.1, 0.15) is 13.8 Å². The molecule has 0 bridgehead atoms. The van der Waals surface area contributed by atoms with Crippen molar-refractivity contribution in [3.8, 4) is 6.07 Å². The lowest BCUT2D eigenvalue weighted by atomic mass is 9.87.